The van der Waals surface area contributed by atoms with Crippen molar-refractivity contribution in [2.45, 2.75) is 92.2 Å². The molecule has 1 unspecified atom stereocenters. The minimum atomic E-state index is -0.440. The van der Waals surface area contributed by atoms with Gasteiger partial charge in [0.05, 0.1) is 6.04 Å². The zero-order valence-electron chi connectivity index (χ0n) is 20.1. The molecular formula is C26H40N2O3. The summed E-state index contributed by atoms with van der Waals surface area (Å²) in [4.78, 5) is 37.6. The second-order valence-electron chi connectivity index (χ2n) is 12.3. The van der Waals surface area contributed by atoms with Gasteiger partial charge in [0.15, 0.2) is 5.78 Å². The number of amides is 2. The molecule has 0 radical (unpaired) electrons. The Morgan fingerprint density at radius 1 is 1.10 bits per heavy atom. The number of Topliss-reactive ketones (excluding diaryl/α,β-unsaturated/α-hetero) is 1. The molecule has 0 saturated heterocycles. The largest absolute Gasteiger partial charge is 0.349 e. The van der Waals surface area contributed by atoms with Crippen LogP contribution in [0.2, 0.25) is 0 Å². The lowest BCUT2D eigenvalue weighted by Gasteiger charge is -2.58. The minimum absolute atomic E-state index is 0.00466. The van der Waals surface area contributed by atoms with Gasteiger partial charge < -0.3 is 10.6 Å². The third-order valence-corrected chi connectivity index (χ3v) is 9.56. The number of rotatable bonds is 3. The van der Waals surface area contributed by atoms with Crippen molar-refractivity contribution in [1.29, 1.82) is 0 Å². The van der Waals surface area contributed by atoms with Crippen molar-refractivity contribution in [3.63, 3.8) is 0 Å². The van der Waals surface area contributed by atoms with Gasteiger partial charge in [-0.1, -0.05) is 40.7 Å². The zero-order valence-corrected chi connectivity index (χ0v) is 20.1. The molecule has 4 rings (SSSR count). The second-order valence-corrected chi connectivity index (χ2v) is 12.3. The molecule has 0 spiro atoms. The van der Waals surface area contributed by atoms with Gasteiger partial charge in [0.1, 0.15) is 0 Å². The SMILES string of the molecule is CC(=O)C(NC(=O)[C@@H]1CC[C@@H]2[C@H]3CC[C@H]4NC(=O)C=C[C@]4(C)[C@@H]3CC[C@]21C)C(C)(C)C. The first-order valence-electron chi connectivity index (χ1n) is 12.2. The molecular weight excluding hydrogens is 388 g/mol. The Labute approximate surface area is 187 Å². The van der Waals surface area contributed by atoms with Crippen LogP contribution in [0.3, 0.4) is 0 Å². The lowest BCUT2D eigenvalue weighted by molar-refractivity contribution is -0.138. The second kappa shape index (κ2) is 7.45. The summed E-state index contributed by atoms with van der Waals surface area (Å²) in [5.41, 5.74) is -0.275. The third-order valence-electron chi connectivity index (χ3n) is 9.56. The summed E-state index contributed by atoms with van der Waals surface area (Å²) in [5, 5.41) is 6.35. The molecule has 0 aromatic heterocycles. The van der Waals surface area contributed by atoms with Gasteiger partial charge >= 0.3 is 0 Å². The van der Waals surface area contributed by atoms with E-state index in [0.717, 1.165) is 38.5 Å². The van der Waals surface area contributed by atoms with Crippen LogP contribution in [-0.2, 0) is 14.4 Å². The lowest BCUT2D eigenvalue weighted by atomic mass is 9.48. The van der Waals surface area contributed by atoms with Gasteiger partial charge in [-0.3, -0.25) is 14.4 Å². The van der Waals surface area contributed by atoms with E-state index in [4.69, 9.17) is 0 Å². The number of fused-ring (bicyclic) bond motifs is 5. The van der Waals surface area contributed by atoms with E-state index < -0.39 is 6.04 Å². The lowest BCUT2D eigenvalue weighted by Crippen LogP contribution is -2.60. The zero-order chi connectivity index (χ0) is 22.8. The maximum Gasteiger partial charge on any atom is 0.243 e. The maximum absolute atomic E-state index is 13.4. The number of hydrogen-bond acceptors (Lipinski definition) is 3. The molecule has 0 aromatic rings. The summed E-state index contributed by atoms with van der Waals surface area (Å²) in [7, 11) is 0. The van der Waals surface area contributed by atoms with Crippen molar-refractivity contribution >= 4 is 17.6 Å². The number of nitrogens with one attached hydrogen (secondary N) is 2. The van der Waals surface area contributed by atoms with Crippen molar-refractivity contribution in [1.82, 2.24) is 10.6 Å². The van der Waals surface area contributed by atoms with E-state index in [0.29, 0.717) is 17.8 Å². The van der Waals surface area contributed by atoms with E-state index in [1.165, 1.54) is 0 Å². The van der Waals surface area contributed by atoms with E-state index in [2.05, 4.69) is 30.6 Å². The standard InChI is InChI=1S/C26H40N2O3/c1-15(29)22(24(2,3)4)28-23(31)19-9-8-17-16-7-10-20-26(6,14-12-21(30)27-20)18(16)11-13-25(17,19)5/h12,14,16-20,22H,7-11,13H2,1-6H3,(H,27,30)(H,28,31)/t16-,17-,18-,19+,20-,22?,25-,26-/m1/s1. The highest BCUT2D eigenvalue weighted by atomic mass is 16.2. The highest BCUT2D eigenvalue weighted by Crippen LogP contribution is 2.65. The molecule has 2 N–H and O–H groups in total. The van der Waals surface area contributed by atoms with Crippen LogP contribution in [0.25, 0.3) is 0 Å². The number of ketones is 1. The fraction of sp³-hybridized carbons (Fsp3) is 0.808. The van der Waals surface area contributed by atoms with Crippen LogP contribution in [0.1, 0.15) is 80.1 Å². The Hall–Kier alpha value is -1.65. The maximum atomic E-state index is 13.4. The molecule has 0 bridgehead atoms. The molecule has 5 heteroatoms. The van der Waals surface area contributed by atoms with Crippen molar-refractivity contribution in [3.05, 3.63) is 12.2 Å². The smallest absolute Gasteiger partial charge is 0.243 e. The molecule has 1 aliphatic heterocycles. The first-order chi connectivity index (χ1) is 14.4. The molecule has 0 aromatic carbocycles. The molecule has 3 aliphatic carbocycles. The molecule has 5 nitrogen and oxygen atoms in total. The normalized spacial score (nSPS) is 42.6. The van der Waals surface area contributed by atoms with Crippen LogP contribution in [0.4, 0.5) is 0 Å². The molecule has 3 fully saturated rings. The van der Waals surface area contributed by atoms with Crippen molar-refractivity contribution in [2.75, 3.05) is 0 Å². The van der Waals surface area contributed by atoms with Crippen molar-refractivity contribution in [2.24, 2.45) is 39.9 Å². The highest BCUT2D eigenvalue weighted by Gasteiger charge is 2.61. The van der Waals surface area contributed by atoms with Crippen LogP contribution < -0.4 is 10.6 Å². The van der Waals surface area contributed by atoms with Gasteiger partial charge in [-0.15, -0.1) is 0 Å². The Morgan fingerprint density at radius 3 is 2.45 bits per heavy atom. The Balaban J connectivity index is 1.55. The number of carbonyl (C=O) groups is 3. The summed E-state index contributed by atoms with van der Waals surface area (Å²) >= 11 is 0. The molecule has 3 saturated carbocycles. The number of hydrogen-bond donors (Lipinski definition) is 2. The average Bonchev–Trinajstić information content (AvgIpc) is 3.02. The van der Waals surface area contributed by atoms with E-state index in [1.54, 1.807) is 13.0 Å². The van der Waals surface area contributed by atoms with E-state index in [9.17, 15) is 14.4 Å². The van der Waals surface area contributed by atoms with Crippen LogP contribution in [-0.4, -0.2) is 29.7 Å². The van der Waals surface area contributed by atoms with Gasteiger partial charge in [0.2, 0.25) is 11.8 Å². The average molecular weight is 429 g/mol. The summed E-state index contributed by atoms with van der Waals surface area (Å²) < 4.78 is 0. The first kappa shape index (κ1) is 22.5. The van der Waals surface area contributed by atoms with Gasteiger partial charge in [-0.05, 0) is 80.1 Å². The molecule has 2 amide bonds. The fourth-order valence-corrected chi connectivity index (χ4v) is 7.93. The first-order valence-corrected chi connectivity index (χ1v) is 12.2. The van der Waals surface area contributed by atoms with Crippen LogP contribution in [0.15, 0.2) is 12.2 Å². The predicted molar refractivity (Wildman–Crippen MR) is 121 cm³/mol. The van der Waals surface area contributed by atoms with Crippen LogP contribution in [0.5, 0.6) is 0 Å². The van der Waals surface area contributed by atoms with Gasteiger partial charge in [0, 0.05) is 17.4 Å². The van der Waals surface area contributed by atoms with Crippen LogP contribution >= 0.6 is 0 Å². The monoisotopic (exact) mass is 428 g/mol. The fourth-order valence-electron chi connectivity index (χ4n) is 7.93. The van der Waals surface area contributed by atoms with Crippen LogP contribution in [0, 0.1) is 39.9 Å². The van der Waals surface area contributed by atoms with E-state index in [1.807, 2.05) is 20.8 Å². The number of carbonyl (C=O) groups excluding carboxylic acids is 3. The Kier molecular flexibility index (Phi) is 5.42. The quantitative estimate of drug-likeness (QED) is 0.713. The third kappa shape index (κ3) is 3.56. The summed E-state index contributed by atoms with van der Waals surface area (Å²) in [6, 6.07) is -0.205. The summed E-state index contributed by atoms with van der Waals surface area (Å²) in [6.07, 6.45) is 10.2. The van der Waals surface area contributed by atoms with Crippen molar-refractivity contribution < 1.29 is 14.4 Å². The molecule has 1 heterocycles. The molecule has 8 atom stereocenters. The van der Waals surface area contributed by atoms with Gasteiger partial charge in [-0.2, -0.15) is 0 Å². The predicted octanol–water partition coefficient (Wildman–Crippen LogP) is 4.02. The Morgan fingerprint density at radius 2 is 1.81 bits per heavy atom. The topological polar surface area (TPSA) is 75.3 Å². The highest BCUT2D eigenvalue weighted by molar-refractivity contribution is 5.90. The Bertz CT molecular complexity index is 812. The molecule has 172 valence electrons. The molecule has 31 heavy (non-hydrogen) atoms. The van der Waals surface area contributed by atoms with Gasteiger partial charge in [-0.25, -0.2) is 0 Å². The summed E-state index contributed by atoms with van der Waals surface area (Å²) in [5.74, 6) is 1.82. The van der Waals surface area contributed by atoms with E-state index >= 15 is 0 Å². The van der Waals surface area contributed by atoms with Crippen molar-refractivity contribution in [3.8, 4) is 0 Å². The molecule has 4 aliphatic rings. The summed E-state index contributed by atoms with van der Waals surface area (Å²) in [6.45, 7) is 12.3. The van der Waals surface area contributed by atoms with Gasteiger partial charge in [0.25, 0.3) is 0 Å². The minimum Gasteiger partial charge on any atom is -0.349 e. The van der Waals surface area contributed by atoms with E-state index in [-0.39, 0.29) is 45.8 Å².